The second kappa shape index (κ2) is 14.0. The number of likely N-dealkylation sites (N-methyl/N-ethyl adjacent to an activating group) is 2. The lowest BCUT2D eigenvalue weighted by atomic mass is 9.76. The van der Waals surface area contributed by atoms with E-state index >= 15 is 0 Å². The van der Waals surface area contributed by atoms with Crippen molar-refractivity contribution in [1.82, 2.24) is 20.3 Å². The Morgan fingerprint density at radius 3 is 2.02 bits per heavy atom. The predicted octanol–water partition coefficient (Wildman–Crippen LogP) is 4.08. The fourth-order valence-corrected chi connectivity index (χ4v) is 6.84. The number of sulfonamides is 1. The quantitative estimate of drug-likeness (QED) is 0.308. The Balaban J connectivity index is 2.32. The molecular weight excluding hydrogens is 572 g/mol. The maximum absolute atomic E-state index is 14.0. The maximum Gasteiger partial charge on any atom is 0.273 e. The minimum atomic E-state index is -4.00. The van der Waals surface area contributed by atoms with E-state index in [0.717, 1.165) is 16.9 Å². The number of hydrogen-bond acceptors (Lipinski definition) is 7. The van der Waals surface area contributed by atoms with Crippen molar-refractivity contribution in [3.63, 3.8) is 0 Å². The molecule has 1 aromatic heterocycles. The molecule has 2 rings (SSSR count). The van der Waals surface area contributed by atoms with Crippen LogP contribution < -0.4 is 15.4 Å². The van der Waals surface area contributed by atoms with Crippen molar-refractivity contribution in [1.29, 1.82) is 0 Å². The molecule has 0 saturated heterocycles. The van der Waals surface area contributed by atoms with Crippen LogP contribution in [-0.4, -0.2) is 63.3 Å². The van der Waals surface area contributed by atoms with Crippen LogP contribution in [0.3, 0.4) is 0 Å². The van der Waals surface area contributed by atoms with E-state index in [2.05, 4.69) is 15.4 Å². The zero-order valence-electron chi connectivity index (χ0n) is 26.3. The van der Waals surface area contributed by atoms with Gasteiger partial charge in [0.1, 0.15) is 10.3 Å². The number of nitrogens with zero attached hydrogens (tertiary/aromatic N) is 1. The summed E-state index contributed by atoms with van der Waals surface area (Å²) in [4.78, 5) is 42.1. The summed E-state index contributed by atoms with van der Waals surface area (Å²) in [6.07, 6.45) is 1.60. The number of benzene rings is 1. The molecule has 42 heavy (non-hydrogen) atoms. The van der Waals surface area contributed by atoms with E-state index in [1.165, 1.54) is 17.9 Å². The molecule has 11 heteroatoms. The molecule has 1 heterocycles. The molecule has 0 bridgehead atoms. The van der Waals surface area contributed by atoms with Crippen LogP contribution >= 0.6 is 11.3 Å². The zero-order chi connectivity index (χ0) is 32.0. The third-order valence-corrected chi connectivity index (χ3v) is 10.2. The second-order valence-corrected chi connectivity index (χ2v) is 15.4. The number of rotatable bonds is 12. The molecule has 0 fully saturated rings. The number of carbonyl (C=O) groups excluding carboxylic acids is 3. The molecular formula is C31H46N4O5S2. The molecule has 3 N–H and O–H groups in total. The topological polar surface area (TPSA) is 125 Å². The van der Waals surface area contributed by atoms with E-state index in [0.29, 0.717) is 0 Å². The maximum atomic E-state index is 14.0. The van der Waals surface area contributed by atoms with Gasteiger partial charge in [-0.05, 0) is 42.3 Å². The van der Waals surface area contributed by atoms with Crippen molar-refractivity contribution < 1.29 is 22.8 Å². The lowest BCUT2D eigenvalue weighted by Gasteiger charge is -2.40. The Morgan fingerprint density at radius 1 is 0.952 bits per heavy atom. The molecule has 3 atom stereocenters. The number of carbonyl (C=O) groups is 3. The van der Waals surface area contributed by atoms with Gasteiger partial charge >= 0.3 is 0 Å². The Morgan fingerprint density at radius 2 is 1.55 bits per heavy atom. The van der Waals surface area contributed by atoms with Crippen molar-refractivity contribution in [3.05, 3.63) is 65.1 Å². The normalized spacial score (nSPS) is 15.1. The molecule has 0 spiro atoms. The van der Waals surface area contributed by atoms with Crippen molar-refractivity contribution in [2.75, 3.05) is 14.1 Å². The number of thiophene rings is 1. The van der Waals surface area contributed by atoms with Crippen LogP contribution in [0, 0.1) is 11.3 Å². The molecule has 1 aromatic carbocycles. The Labute approximate surface area is 255 Å². The number of hydrogen-bond donors (Lipinski definition) is 3. The van der Waals surface area contributed by atoms with E-state index < -0.39 is 44.9 Å². The smallest absolute Gasteiger partial charge is 0.273 e. The monoisotopic (exact) mass is 618 g/mol. The summed E-state index contributed by atoms with van der Waals surface area (Å²) >= 11 is 1.01. The third-order valence-electron chi connectivity index (χ3n) is 7.43. The van der Waals surface area contributed by atoms with E-state index in [1.807, 2.05) is 78.8 Å². The lowest BCUT2D eigenvalue weighted by molar-refractivity contribution is -0.140. The largest absolute Gasteiger partial charge is 0.342 e. The summed E-state index contributed by atoms with van der Waals surface area (Å²) in [5.74, 6) is -1.51. The first-order chi connectivity index (χ1) is 19.3. The van der Waals surface area contributed by atoms with Gasteiger partial charge in [-0.2, -0.15) is 0 Å². The Kier molecular flexibility index (Phi) is 11.7. The van der Waals surface area contributed by atoms with Crippen LogP contribution in [0.15, 0.2) is 63.7 Å². The van der Waals surface area contributed by atoms with Gasteiger partial charge in [0.25, 0.3) is 15.9 Å². The Bertz CT molecular complexity index is 1360. The molecule has 0 aliphatic rings. The molecule has 0 radical (unpaired) electrons. The van der Waals surface area contributed by atoms with Crippen LogP contribution in [0.2, 0.25) is 0 Å². The molecule has 0 aliphatic heterocycles. The first kappa shape index (κ1) is 35.2. The zero-order valence-corrected chi connectivity index (χ0v) is 27.9. The van der Waals surface area contributed by atoms with Gasteiger partial charge < -0.3 is 15.5 Å². The Hall–Kier alpha value is -3.02. The second-order valence-electron chi connectivity index (χ2n) is 12.5. The fraction of sp³-hybridized carbons (Fsp3) is 0.516. The summed E-state index contributed by atoms with van der Waals surface area (Å²) in [5.41, 5.74) is -0.0724. The molecule has 2 aromatic rings. The fourth-order valence-electron chi connectivity index (χ4n) is 4.83. The van der Waals surface area contributed by atoms with Crippen LogP contribution in [-0.2, 0) is 29.8 Å². The molecule has 3 amide bonds. The first-order valence-corrected chi connectivity index (χ1v) is 16.3. The van der Waals surface area contributed by atoms with Crippen LogP contribution in [0.4, 0.5) is 0 Å². The first-order valence-electron chi connectivity index (χ1n) is 13.9. The predicted molar refractivity (Wildman–Crippen MR) is 169 cm³/mol. The van der Waals surface area contributed by atoms with Gasteiger partial charge in [-0.3, -0.25) is 14.4 Å². The van der Waals surface area contributed by atoms with Crippen molar-refractivity contribution in [2.24, 2.45) is 11.3 Å². The van der Waals surface area contributed by atoms with Gasteiger partial charge in [0.15, 0.2) is 0 Å². The summed E-state index contributed by atoms with van der Waals surface area (Å²) in [7, 11) is -0.645. The van der Waals surface area contributed by atoms with Gasteiger partial charge in [0, 0.05) is 18.0 Å². The highest BCUT2D eigenvalue weighted by atomic mass is 32.2. The van der Waals surface area contributed by atoms with Crippen LogP contribution in [0.5, 0.6) is 0 Å². The van der Waals surface area contributed by atoms with E-state index in [1.54, 1.807) is 31.6 Å². The molecule has 0 saturated carbocycles. The highest BCUT2D eigenvalue weighted by molar-refractivity contribution is 7.92. The minimum absolute atomic E-state index is 0.0374. The average molecular weight is 619 g/mol. The van der Waals surface area contributed by atoms with Crippen molar-refractivity contribution in [2.45, 2.75) is 83.1 Å². The highest BCUT2D eigenvalue weighted by Gasteiger charge is 2.41. The van der Waals surface area contributed by atoms with E-state index in [-0.39, 0.29) is 27.5 Å². The highest BCUT2D eigenvalue weighted by Crippen LogP contribution is 2.29. The summed E-state index contributed by atoms with van der Waals surface area (Å²) < 4.78 is 27.2. The van der Waals surface area contributed by atoms with Crippen molar-refractivity contribution >= 4 is 39.1 Å². The minimum Gasteiger partial charge on any atom is -0.342 e. The molecule has 9 nitrogen and oxygen atoms in total. The van der Waals surface area contributed by atoms with E-state index in [4.69, 9.17) is 0 Å². The molecule has 0 aliphatic carbocycles. The summed E-state index contributed by atoms with van der Waals surface area (Å²) in [6.45, 7) is 14.9. The SMILES string of the molecule is CNC(C(=O)NC(C(=O)N(C)C(C=C(C)C(=O)NS(=O)(=O)c1cccs1)C(C)C)C(C)(C)C)C(C)(C)c1ccccc1. The van der Waals surface area contributed by atoms with E-state index in [9.17, 15) is 22.8 Å². The molecule has 232 valence electrons. The van der Waals surface area contributed by atoms with Gasteiger partial charge in [0.05, 0.1) is 12.1 Å². The average Bonchev–Trinajstić information content (AvgIpc) is 3.45. The number of nitrogens with one attached hydrogen (secondary N) is 3. The van der Waals surface area contributed by atoms with Gasteiger partial charge in [-0.25, -0.2) is 13.1 Å². The van der Waals surface area contributed by atoms with Gasteiger partial charge in [0.2, 0.25) is 11.8 Å². The lowest BCUT2D eigenvalue weighted by Crippen LogP contribution is -2.61. The van der Waals surface area contributed by atoms with Crippen LogP contribution in [0.25, 0.3) is 0 Å². The summed E-state index contributed by atoms with van der Waals surface area (Å²) in [5, 5.41) is 7.76. The molecule has 3 unspecified atom stereocenters. The van der Waals surface area contributed by atoms with Crippen LogP contribution in [0.1, 0.15) is 61.0 Å². The standard InChI is InChI=1S/C31H46N4O5S2/c1-20(2)23(19-21(3)27(36)34-42(39,40)24-17-14-18-41-24)35(10)29(38)26(30(4,5)6)33-28(37)25(32-9)31(7,8)22-15-12-11-13-16-22/h11-20,23,25-26,32H,1-10H3,(H,33,37)(H,34,36). The third kappa shape index (κ3) is 8.52. The summed E-state index contributed by atoms with van der Waals surface area (Å²) in [6, 6.07) is 10.7. The van der Waals surface area contributed by atoms with Crippen molar-refractivity contribution in [3.8, 4) is 0 Å². The van der Waals surface area contributed by atoms with Gasteiger partial charge in [-0.1, -0.05) is 90.9 Å². The van der Waals surface area contributed by atoms with Gasteiger partial charge in [-0.15, -0.1) is 11.3 Å². The number of amides is 3.